The molecule has 0 bridgehead atoms. The van der Waals surface area contributed by atoms with Crippen molar-refractivity contribution in [3.05, 3.63) is 58.3 Å². The molecule has 0 amide bonds. The van der Waals surface area contributed by atoms with Crippen LogP contribution in [0.5, 0.6) is 0 Å². The summed E-state index contributed by atoms with van der Waals surface area (Å²) in [5.41, 5.74) is 1.82. The third kappa shape index (κ3) is 3.98. The Hall–Kier alpha value is -2.15. The van der Waals surface area contributed by atoms with E-state index in [0.29, 0.717) is 21.9 Å². The van der Waals surface area contributed by atoms with E-state index in [2.05, 4.69) is 24.9 Å². The van der Waals surface area contributed by atoms with E-state index in [1.54, 1.807) is 18.2 Å². The van der Waals surface area contributed by atoms with E-state index in [-0.39, 0.29) is 0 Å². The summed E-state index contributed by atoms with van der Waals surface area (Å²) in [5, 5.41) is 5.15. The van der Waals surface area contributed by atoms with Crippen molar-refractivity contribution in [2.24, 2.45) is 0 Å². The summed E-state index contributed by atoms with van der Waals surface area (Å²) in [4.78, 5) is 13.3. The second-order valence-electron chi connectivity index (χ2n) is 6.14. The van der Waals surface area contributed by atoms with Gasteiger partial charge in [-0.2, -0.15) is 4.98 Å². The lowest BCUT2D eigenvalue weighted by Gasteiger charge is -2.33. The topological polar surface area (TPSA) is 58.3 Å². The summed E-state index contributed by atoms with van der Waals surface area (Å²) in [5.74, 6) is 0.486. The standard InChI is InChI=1S/C18H17Cl2N5O/c19-14-9-13(10-15(20)11-14)17-22-18(26-23-17)25-7-5-24(6-8-25)12-16-3-1-2-4-21-16/h1-4,9-11H,5-8,12H2. The lowest BCUT2D eigenvalue weighted by Crippen LogP contribution is -2.46. The lowest BCUT2D eigenvalue weighted by molar-refractivity contribution is 0.240. The summed E-state index contributed by atoms with van der Waals surface area (Å²) in [6.07, 6.45) is 1.83. The van der Waals surface area contributed by atoms with Gasteiger partial charge in [-0.15, -0.1) is 0 Å². The Kier molecular flexibility index (Phi) is 5.06. The van der Waals surface area contributed by atoms with Gasteiger partial charge in [0.05, 0.1) is 5.69 Å². The molecule has 6 nitrogen and oxygen atoms in total. The van der Waals surface area contributed by atoms with Gasteiger partial charge < -0.3 is 9.42 Å². The van der Waals surface area contributed by atoms with Crippen molar-refractivity contribution >= 4 is 29.2 Å². The molecule has 0 spiro atoms. The van der Waals surface area contributed by atoms with E-state index >= 15 is 0 Å². The van der Waals surface area contributed by atoms with Gasteiger partial charge in [0.25, 0.3) is 0 Å². The fourth-order valence-electron chi connectivity index (χ4n) is 2.96. The molecule has 1 aliphatic rings. The first-order valence-electron chi connectivity index (χ1n) is 8.35. The third-order valence-corrected chi connectivity index (χ3v) is 4.73. The smallest absolute Gasteiger partial charge is 0.322 e. The van der Waals surface area contributed by atoms with Crippen LogP contribution in [0.3, 0.4) is 0 Å². The molecule has 134 valence electrons. The van der Waals surface area contributed by atoms with Crippen LogP contribution in [0.15, 0.2) is 47.1 Å². The van der Waals surface area contributed by atoms with Gasteiger partial charge in [0.15, 0.2) is 0 Å². The molecule has 0 N–H and O–H groups in total. The highest BCUT2D eigenvalue weighted by atomic mass is 35.5. The van der Waals surface area contributed by atoms with Crippen LogP contribution in [-0.2, 0) is 6.54 Å². The van der Waals surface area contributed by atoms with Crippen molar-refractivity contribution in [3.63, 3.8) is 0 Å². The zero-order valence-electron chi connectivity index (χ0n) is 14.0. The van der Waals surface area contributed by atoms with Crippen LogP contribution in [0.25, 0.3) is 11.4 Å². The monoisotopic (exact) mass is 389 g/mol. The highest BCUT2D eigenvalue weighted by Gasteiger charge is 2.22. The Morgan fingerprint density at radius 3 is 2.46 bits per heavy atom. The first-order chi connectivity index (χ1) is 12.7. The predicted molar refractivity (Wildman–Crippen MR) is 101 cm³/mol. The molecule has 8 heteroatoms. The number of nitrogens with zero attached hydrogens (tertiary/aromatic N) is 5. The van der Waals surface area contributed by atoms with Crippen LogP contribution in [0.1, 0.15) is 5.69 Å². The first-order valence-corrected chi connectivity index (χ1v) is 9.10. The van der Waals surface area contributed by atoms with Gasteiger partial charge in [-0.3, -0.25) is 9.88 Å². The minimum atomic E-state index is 0.486. The number of rotatable bonds is 4. The van der Waals surface area contributed by atoms with E-state index in [9.17, 15) is 0 Å². The third-order valence-electron chi connectivity index (χ3n) is 4.29. The zero-order chi connectivity index (χ0) is 17.9. The molecular weight excluding hydrogens is 373 g/mol. The minimum absolute atomic E-state index is 0.486. The van der Waals surface area contributed by atoms with E-state index in [1.165, 1.54) is 0 Å². The summed E-state index contributed by atoms with van der Waals surface area (Å²) >= 11 is 12.1. The number of aromatic nitrogens is 3. The molecule has 4 rings (SSSR count). The van der Waals surface area contributed by atoms with Crippen LogP contribution in [-0.4, -0.2) is 46.2 Å². The maximum absolute atomic E-state index is 6.05. The SMILES string of the molecule is Clc1cc(Cl)cc(-c2noc(N3CCN(Cc4ccccn4)CC3)n2)c1. The van der Waals surface area contributed by atoms with Gasteiger partial charge in [0, 0.05) is 54.5 Å². The lowest BCUT2D eigenvalue weighted by atomic mass is 10.2. The van der Waals surface area contributed by atoms with E-state index in [4.69, 9.17) is 27.7 Å². The Balaban J connectivity index is 1.40. The molecule has 26 heavy (non-hydrogen) atoms. The Bertz CT molecular complexity index is 858. The molecule has 0 radical (unpaired) electrons. The number of pyridine rings is 1. The second-order valence-corrected chi connectivity index (χ2v) is 7.02. The van der Waals surface area contributed by atoms with Crippen molar-refractivity contribution in [2.45, 2.75) is 6.54 Å². The number of hydrogen-bond donors (Lipinski definition) is 0. The van der Waals surface area contributed by atoms with Crippen molar-refractivity contribution in [3.8, 4) is 11.4 Å². The average molecular weight is 390 g/mol. The number of anilines is 1. The quantitative estimate of drug-likeness (QED) is 0.676. The van der Waals surface area contributed by atoms with Gasteiger partial charge in [-0.25, -0.2) is 0 Å². The molecule has 2 aromatic heterocycles. The van der Waals surface area contributed by atoms with E-state index in [1.807, 2.05) is 24.4 Å². The van der Waals surface area contributed by atoms with E-state index in [0.717, 1.165) is 44.0 Å². The molecule has 0 atom stereocenters. The highest BCUT2D eigenvalue weighted by molar-refractivity contribution is 6.35. The molecule has 1 aromatic carbocycles. The molecule has 1 saturated heterocycles. The Morgan fingerprint density at radius 1 is 1.00 bits per heavy atom. The summed E-state index contributed by atoms with van der Waals surface area (Å²) < 4.78 is 5.44. The fraction of sp³-hybridized carbons (Fsp3) is 0.278. The van der Waals surface area contributed by atoms with Gasteiger partial charge in [-0.05, 0) is 30.3 Å². The molecule has 0 saturated carbocycles. The van der Waals surface area contributed by atoms with Crippen molar-refractivity contribution in [2.75, 3.05) is 31.1 Å². The van der Waals surface area contributed by atoms with E-state index < -0.39 is 0 Å². The van der Waals surface area contributed by atoms with Crippen molar-refractivity contribution in [1.82, 2.24) is 20.0 Å². The normalized spacial score (nSPS) is 15.4. The van der Waals surface area contributed by atoms with Gasteiger partial charge >= 0.3 is 6.01 Å². The Labute approximate surface area is 161 Å². The molecule has 0 aliphatic carbocycles. The molecule has 3 aromatic rings. The second kappa shape index (κ2) is 7.61. The van der Waals surface area contributed by atoms with Crippen molar-refractivity contribution < 1.29 is 4.52 Å². The molecule has 0 unspecified atom stereocenters. The van der Waals surface area contributed by atoms with Crippen molar-refractivity contribution in [1.29, 1.82) is 0 Å². The maximum atomic E-state index is 6.05. The molecule has 1 fully saturated rings. The van der Waals surface area contributed by atoms with Crippen LogP contribution >= 0.6 is 23.2 Å². The number of hydrogen-bond acceptors (Lipinski definition) is 6. The summed E-state index contributed by atoms with van der Waals surface area (Å²) in [6.45, 7) is 4.33. The average Bonchev–Trinajstić information content (AvgIpc) is 3.13. The van der Waals surface area contributed by atoms with Gasteiger partial charge in [0.1, 0.15) is 0 Å². The number of piperazine rings is 1. The van der Waals surface area contributed by atoms with Gasteiger partial charge in [0.2, 0.25) is 5.82 Å². The van der Waals surface area contributed by atoms with Crippen LogP contribution in [0.2, 0.25) is 10.0 Å². The van der Waals surface area contributed by atoms with Crippen LogP contribution < -0.4 is 4.90 Å². The molecule has 1 aliphatic heterocycles. The molecular formula is C18H17Cl2N5O. The van der Waals surface area contributed by atoms with Crippen LogP contribution in [0, 0.1) is 0 Å². The highest BCUT2D eigenvalue weighted by Crippen LogP contribution is 2.27. The fourth-order valence-corrected chi connectivity index (χ4v) is 3.49. The van der Waals surface area contributed by atoms with Crippen LogP contribution in [0.4, 0.5) is 6.01 Å². The number of halogens is 2. The predicted octanol–water partition coefficient (Wildman–Crippen LogP) is 3.76. The summed E-state index contributed by atoms with van der Waals surface area (Å²) in [7, 11) is 0. The maximum Gasteiger partial charge on any atom is 0.324 e. The summed E-state index contributed by atoms with van der Waals surface area (Å²) in [6, 6.07) is 11.7. The minimum Gasteiger partial charge on any atom is -0.322 e. The molecule has 3 heterocycles. The largest absolute Gasteiger partial charge is 0.324 e. The zero-order valence-corrected chi connectivity index (χ0v) is 15.5. The number of benzene rings is 1. The van der Waals surface area contributed by atoms with Gasteiger partial charge in [-0.1, -0.05) is 34.4 Å². The Morgan fingerprint density at radius 2 is 1.77 bits per heavy atom. The first kappa shape index (κ1) is 17.3.